The average molecular weight is 351 g/mol. The quantitative estimate of drug-likeness (QED) is 0.644. The van der Waals surface area contributed by atoms with Gasteiger partial charge in [-0.2, -0.15) is 4.98 Å². The number of aromatic nitrogens is 4. The number of benzene rings is 1. The smallest absolute Gasteiger partial charge is 0.316 e. The molecule has 0 aliphatic carbocycles. The van der Waals surface area contributed by atoms with Crippen molar-refractivity contribution in [2.75, 3.05) is 17.7 Å². The predicted molar refractivity (Wildman–Crippen MR) is 97.1 cm³/mol. The number of hydrogen-bond donors (Lipinski definition) is 3. The van der Waals surface area contributed by atoms with Gasteiger partial charge >= 0.3 is 6.03 Å². The first kappa shape index (κ1) is 17.1. The van der Waals surface area contributed by atoms with Crippen LogP contribution >= 0.6 is 0 Å². The number of carbonyl (C=O) groups is 1. The van der Waals surface area contributed by atoms with Crippen LogP contribution in [-0.4, -0.2) is 33.0 Å². The second-order valence-corrected chi connectivity index (χ2v) is 5.31. The molecule has 0 atom stereocenters. The summed E-state index contributed by atoms with van der Waals surface area (Å²) in [5.74, 6) is 1.84. The van der Waals surface area contributed by atoms with Crippen molar-refractivity contribution in [3.63, 3.8) is 0 Å². The molecule has 132 valence electrons. The summed E-state index contributed by atoms with van der Waals surface area (Å²) in [6.07, 6.45) is 3.04. The third kappa shape index (κ3) is 3.83. The van der Waals surface area contributed by atoms with Gasteiger partial charge in [-0.1, -0.05) is 0 Å². The third-order valence-electron chi connectivity index (χ3n) is 3.46. The standard InChI is InChI=1S/C17H17N7O2/c1-10-8-11(23-16(18)25)5-6-13(10)26-15-12(4-3-7-20-15)14-21-9-22-17(19-2)24-14/h3-9H,1-2H3,(H3,18,23,25)(H,19,21,22,24). The predicted octanol–water partition coefficient (Wildman–Crippen LogP) is 2.57. The highest BCUT2D eigenvalue weighted by atomic mass is 16.5. The van der Waals surface area contributed by atoms with Gasteiger partial charge in [0.15, 0.2) is 5.82 Å². The van der Waals surface area contributed by atoms with Gasteiger partial charge in [0, 0.05) is 18.9 Å². The molecule has 2 amide bonds. The summed E-state index contributed by atoms with van der Waals surface area (Å²) >= 11 is 0. The fourth-order valence-corrected chi connectivity index (χ4v) is 2.28. The van der Waals surface area contributed by atoms with E-state index in [1.165, 1.54) is 6.33 Å². The topological polar surface area (TPSA) is 128 Å². The highest BCUT2D eigenvalue weighted by molar-refractivity contribution is 5.88. The van der Waals surface area contributed by atoms with Gasteiger partial charge in [-0.05, 0) is 42.8 Å². The number of anilines is 2. The molecule has 0 aliphatic rings. The third-order valence-corrected chi connectivity index (χ3v) is 3.46. The van der Waals surface area contributed by atoms with Gasteiger partial charge in [0.05, 0.1) is 5.56 Å². The zero-order valence-electron chi connectivity index (χ0n) is 14.2. The first-order valence-electron chi connectivity index (χ1n) is 7.74. The molecule has 9 nitrogen and oxygen atoms in total. The van der Waals surface area contributed by atoms with Gasteiger partial charge in [-0.25, -0.2) is 19.7 Å². The molecule has 0 radical (unpaired) electrons. The van der Waals surface area contributed by atoms with Gasteiger partial charge < -0.3 is 21.1 Å². The van der Waals surface area contributed by atoms with E-state index in [-0.39, 0.29) is 0 Å². The maximum absolute atomic E-state index is 11.0. The zero-order chi connectivity index (χ0) is 18.5. The first-order valence-corrected chi connectivity index (χ1v) is 7.74. The summed E-state index contributed by atoms with van der Waals surface area (Å²) in [7, 11) is 1.73. The summed E-state index contributed by atoms with van der Waals surface area (Å²) in [6, 6.07) is 8.14. The Kier molecular flexibility index (Phi) is 4.88. The summed E-state index contributed by atoms with van der Waals surface area (Å²) in [5.41, 5.74) is 7.15. The molecule has 4 N–H and O–H groups in total. The van der Waals surface area contributed by atoms with Crippen LogP contribution in [0.4, 0.5) is 16.4 Å². The fraction of sp³-hybridized carbons (Fsp3) is 0.118. The average Bonchev–Trinajstić information content (AvgIpc) is 2.64. The van der Waals surface area contributed by atoms with Crippen LogP contribution in [0.3, 0.4) is 0 Å². The molecule has 2 heterocycles. The highest BCUT2D eigenvalue weighted by Crippen LogP contribution is 2.32. The van der Waals surface area contributed by atoms with Crippen LogP contribution in [0.25, 0.3) is 11.4 Å². The van der Waals surface area contributed by atoms with Crippen LogP contribution < -0.4 is 21.1 Å². The molecular weight excluding hydrogens is 334 g/mol. The number of ether oxygens (including phenoxy) is 1. The Balaban J connectivity index is 1.92. The molecule has 0 aliphatic heterocycles. The van der Waals surface area contributed by atoms with Gasteiger partial charge in [0.25, 0.3) is 0 Å². The summed E-state index contributed by atoms with van der Waals surface area (Å²) in [6.45, 7) is 1.85. The lowest BCUT2D eigenvalue weighted by Gasteiger charge is -2.12. The number of urea groups is 1. The molecule has 0 saturated carbocycles. The molecule has 3 rings (SSSR count). The van der Waals surface area contributed by atoms with E-state index < -0.39 is 6.03 Å². The monoisotopic (exact) mass is 351 g/mol. The van der Waals surface area contributed by atoms with Crippen LogP contribution in [0.15, 0.2) is 42.9 Å². The van der Waals surface area contributed by atoms with Gasteiger partial charge in [0.2, 0.25) is 11.8 Å². The molecular formula is C17H17N7O2. The Morgan fingerprint density at radius 3 is 2.77 bits per heavy atom. The molecule has 3 aromatic rings. The Bertz CT molecular complexity index is 946. The fourth-order valence-electron chi connectivity index (χ4n) is 2.28. The first-order chi connectivity index (χ1) is 12.6. The van der Waals surface area contributed by atoms with E-state index in [0.717, 1.165) is 5.56 Å². The van der Waals surface area contributed by atoms with E-state index >= 15 is 0 Å². The van der Waals surface area contributed by atoms with Gasteiger partial charge in [-0.15, -0.1) is 0 Å². The second-order valence-electron chi connectivity index (χ2n) is 5.31. The largest absolute Gasteiger partial charge is 0.438 e. The molecule has 0 saturated heterocycles. The van der Waals surface area contributed by atoms with Gasteiger partial charge in [0.1, 0.15) is 12.1 Å². The number of rotatable bonds is 5. The lowest BCUT2D eigenvalue weighted by molar-refractivity contribution is 0.259. The number of pyridine rings is 1. The van der Waals surface area contributed by atoms with Crippen molar-refractivity contribution in [2.45, 2.75) is 6.92 Å². The van der Waals surface area contributed by atoms with Crippen LogP contribution in [0.1, 0.15) is 5.56 Å². The van der Waals surface area contributed by atoms with Crippen LogP contribution in [0.2, 0.25) is 0 Å². The number of aryl methyl sites for hydroxylation is 1. The van der Waals surface area contributed by atoms with E-state index in [0.29, 0.717) is 34.7 Å². The van der Waals surface area contributed by atoms with E-state index in [4.69, 9.17) is 10.5 Å². The number of primary amides is 1. The second kappa shape index (κ2) is 7.43. The maximum atomic E-state index is 11.0. The normalized spacial score (nSPS) is 10.2. The van der Waals surface area contributed by atoms with Gasteiger partial charge in [-0.3, -0.25) is 0 Å². The van der Waals surface area contributed by atoms with E-state index in [1.54, 1.807) is 37.5 Å². The Labute approximate surface area is 149 Å². The van der Waals surface area contributed by atoms with E-state index in [2.05, 4.69) is 30.6 Å². The Morgan fingerprint density at radius 2 is 2.04 bits per heavy atom. The van der Waals surface area contributed by atoms with Crippen molar-refractivity contribution in [3.8, 4) is 23.0 Å². The van der Waals surface area contributed by atoms with Crippen LogP contribution in [0.5, 0.6) is 11.6 Å². The zero-order valence-corrected chi connectivity index (χ0v) is 14.2. The molecule has 0 fully saturated rings. The maximum Gasteiger partial charge on any atom is 0.316 e. The number of carbonyl (C=O) groups excluding carboxylic acids is 1. The van der Waals surface area contributed by atoms with Crippen molar-refractivity contribution in [1.82, 2.24) is 19.9 Å². The Hall–Kier alpha value is -3.75. The van der Waals surface area contributed by atoms with Crippen molar-refractivity contribution >= 4 is 17.7 Å². The number of hydrogen-bond acceptors (Lipinski definition) is 7. The molecule has 0 spiro atoms. The summed E-state index contributed by atoms with van der Waals surface area (Å²) < 4.78 is 5.95. The molecule has 0 bridgehead atoms. The molecule has 26 heavy (non-hydrogen) atoms. The van der Waals surface area contributed by atoms with Crippen LogP contribution in [-0.2, 0) is 0 Å². The highest BCUT2D eigenvalue weighted by Gasteiger charge is 2.13. The summed E-state index contributed by atoms with van der Waals surface area (Å²) in [5, 5.41) is 5.39. The van der Waals surface area contributed by atoms with E-state index in [1.807, 2.05) is 13.0 Å². The minimum atomic E-state index is -0.625. The molecule has 2 aromatic heterocycles. The van der Waals surface area contributed by atoms with E-state index in [9.17, 15) is 4.79 Å². The van der Waals surface area contributed by atoms with Crippen molar-refractivity contribution in [2.24, 2.45) is 5.73 Å². The van der Waals surface area contributed by atoms with Crippen LogP contribution in [0, 0.1) is 6.92 Å². The number of amides is 2. The van der Waals surface area contributed by atoms with Crippen molar-refractivity contribution in [3.05, 3.63) is 48.4 Å². The molecule has 1 aromatic carbocycles. The number of nitrogens with one attached hydrogen (secondary N) is 2. The molecule has 0 unspecified atom stereocenters. The molecule has 9 heteroatoms. The lowest BCUT2D eigenvalue weighted by atomic mass is 10.2. The number of nitrogens with two attached hydrogens (primary N) is 1. The minimum Gasteiger partial charge on any atom is -0.438 e. The van der Waals surface area contributed by atoms with Crippen molar-refractivity contribution in [1.29, 1.82) is 0 Å². The van der Waals surface area contributed by atoms with Crippen molar-refractivity contribution < 1.29 is 9.53 Å². The minimum absolute atomic E-state index is 0.361. The number of nitrogens with zero attached hydrogens (tertiary/aromatic N) is 4. The lowest BCUT2D eigenvalue weighted by Crippen LogP contribution is -2.19. The summed E-state index contributed by atoms with van der Waals surface area (Å²) in [4.78, 5) is 27.7. The Morgan fingerprint density at radius 1 is 1.19 bits per heavy atom. The SMILES string of the molecule is CNc1ncnc(-c2cccnc2Oc2ccc(NC(N)=O)cc2C)n1.